The van der Waals surface area contributed by atoms with Crippen molar-refractivity contribution >= 4 is 28.7 Å². The minimum atomic E-state index is -0.932. The number of hydrogen-bond acceptors (Lipinski definition) is 8. The number of fused-ring (bicyclic) bond motifs is 1. The molecule has 9 heteroatoms. The van der Waals surface area contributed by atoms with E-state index in [0.29, 0.717) is 16.8 Å². The first-order valence-corrected chi connectivity index (χ1v) is 12.1. The second-order valence-electron chi connectivity index (χ2n) is 8.96. The largest absolute Gasteiger partial charge is 0.466 e. The average molecular weight is 520 g/mol. The third-order valence-electron chi connectivity index (χ3n) is 6.68. The van der Waals surface area contributed by atoms with Gasteiger partial charge in [-0.1, -0.05) is 42.5 Å². The number of benzene rings is 3. The molecule has 1 atom stereocenters. The van der Waals surface area contributed by atoms with Gasteiger partial charge in [0.15, 0.2) is 0 Å². The van der Waals surface area contributed by atoms with Gasteiger partial charge in [0.1, 0.15) is 17.8 Å². The number of aryl methyl sites for hydroxylation is 1. The van der Waals surface area contributed by atoms with Gasteiger partial charge in [0.2, 0.25) is 0 Å². The van der Waals surface area contributed by atoms with Gasteiger partial charge in [-0.25, -0.2) is 14.6 Å². The van der Waals surface area contributed by atoms with Crippen molar-refractivity contribution in [2.45, 2.75) is 12.8 Å². The fourth-order valence-electron chi connectivity index (χ4n) is 4.91. The molecule has 1 aromatic heterocycles. The summed E-state index contributed by atoms with van der Waals surface area (Å²) in [5, 5.41) is 10.2. The zero-order chi connectivity index (χ0) is 27.7. The Bertz CT molecular complexity index is 1710. The Morgan fingerprint density at radius 3 is 2.36 bits per heavy atom. The van der Waals surface area contributed by atoms with Crippen molar-refractivity contribution in [3.05, 3.63) is 113 Å². The van der Waals surface area contributed by atoms with E-state index in [-0.39, 0.29) is 22.7 Å². The van der Waals surface area contributed by atoms with E-state index in [1.54, 1.807) is 42.7 Å². The summed E-state index contributed by atoms with van der Waals surface area (Å²) in [6, 6.07) is 24.4. The number of methoxy groups -OCH3 is 2. The fourth-order valence-corrected chi connectivity index (χ4v) is 4.91. The van der Waals surface area contributed by atoms with E-state index in [1.165, 1.54) is 19.1 Å². The predicted molar refractivity (Wildman–Crippen MR) is 145 cm³/mol. The van der Waals surface area contributed by atoms with Crippen LogP contribution in [0, 0.1) is 18.3 Å². The van der Waals surface area contributed by atoms with Crippen LogP contribution in [0.1, 0.15) is 17.0 Å². The van der Waals surface area contributed by atoms with Gasteiger partial charge in [0.05, 0.1) is 54.1 Å². The Hall–Kier alpha value is -5.36. The molecule has 0 amide bonds. The van der Waals surface area contributed by atoms with E-state index < -0.39 is 17.9 Å². The molecule has 0 saturated carbocycles. The topological polar surface area (TPSA) is 123 Å². The van der Waals surface area contributed by atoms with Crippen LogP contribution in [0.2, 0.25) is 0 Å². The first-order valence-electron chi connectivity index (χ1n) is 12.1. The maximum Gasteiger partial charge on any atom is 0.355 e. The number of nitriles is 1. The molecule has 0 radical (unpaired) electrons. The predicted octanol–water partition coefficient (Wildman–Crippen LogP) is 4.23. The van der Waals surface area contributed by atoms with Gasteiger partial charge in [-0.2, -0.15) is 5.26 Å². The summed E-state index contributed by atoms with van der Waals surface area (Å²) in [4.78, 5) is 32.4. The van der Waals surface area contributed by atoms with Crippen molar-refractivity contribution in [2.24, 2.45) is 5.73 Å². The van der Waals surface area contributed by atoms with E-state index in [4.69, 9.17) is 15.2 Å². The highest BCUT2D eigenvalue weighted by molar-refractivity contribution is 6.06. The number of nitrogens with zero attached hydrogens (tertiary/aromatic N) is 4. The zero-order valence-corrected chi connectivity index (χ0v) is 21.6. The molecule has 3 aromatic carbocycles. The lowest BCUT2D eigenvalue weighted by Crippen LogP contribution is -2.40. The number of ether oxygens (including phenoxy) is 2. The first-order chi connectivity index (χ1) is 18.9. The number of aromatic nitrogens is 2. The number of imidazole rings is 1. The highest BCUT2D eigenvalue weighted by Gasteiger charge is 2.43. The molecule has 4 aromatic rings. The molecule has 0 spiro atoms. The molecule has 0 saturated heterocycles. The minimum absolute atomic E-state index is 0.00290. The molecule has 1 aliphatic rings. The molecular weight excluding hydrogens is 494 g/mol. The van der Waals surface area contributed by atoms with E-state index in [2.05, 4.69) is 11.1 Å². The molecule has 5 rings (SSSR count). The van der Waals surface area contributed by atoms with Crippen molar-refractivity contribution in [2.75, 3.05) is 19.1 Å². The van der Waals surface area contributed by atoms with Gasteiger partial charge < -0.3 is 15.2 Å². The van der Waals surface area contributed by atoms with Crippen LogP contribution < -0.4 is 10.6 Å². The smallest absolute Gasteiger partial charge is 0.355 e. The number of hydrogen-bond donors (Lipinski definition) is 1. The van der Waals surface area contributed by atoms with Crippen LogP contribution in [0.4, 0.5) is 5.69 Å². The number of nitrogens with two attached hydrogens (primary N) is 1. The maximum absolute atomic E-state index is 13.3. The number of rotatable bonds is 5. The highest BCUT2D eigenvalue weighted by Crippen LogP contribution is 2.43. The van der Waals surface area contributed by atoms with E-state index in [0.717, 1.165) is 16.8 Å². The lowest BCUT2D eigenvalue weighted by molar-refractivity contribution is -0.139. The lowest BCUT2D eigenvalue weighted by Gasteiger charge is -2.35. The minimum Gasteiger partial charge on any atom is -0.466 e. The van der Waals surface area contributed by atoms with Gasteiger partial charge in [0, 0.05) is 5.69 Å². The number of allylic oxidation sites excluding steroid dienone is 1. The van der Waals surface area contributed by atoms with Crippen LogP contribution in [0.3, 0.4) is 0 Å². The Morgan fingerprint density at radius 1 is 0.949 bits per heavy atom. The normalized spacial score (nSPS) is 15.3. The van der Waals surface area contributed by atoms with Crippen molar-refractivity contribution in [1.82, 2.24) is 9.55 Å². The summed E-state index contributed by atoms with van der Waals surface area (Å²) >= 11 is 0. The summed E-state index contributed by atoms with van der Waals surface area (Å²) in [5.74, 6) is -2.52. The van der Waals surface area contributed by atoms with Crippen molar-refractivity contribution in [1.29, 1.82) is 5.26 Å². The molecular formula is C30H25N5O4. The maximum atomic E-state index is 13.3. The fraction of sp³-hybridized carbons (Fsp3) is 0.133. The van der Waals surface area contributed by atoms with Gasteiger partial charge >= 0.3 is 11.9 Å². The summed E-state index contributed by atoms with van der Waals surface area (Å²) in [7, 11) is 2.43. The molecule has 1 unspecified atom stereocenters. The Labute approximate surface area is 225 Å². The summed E-state index contributed by atoms with van der Waals surface area (Å²) < 4.78 is 12.1. The summed E-state index contributed by atoms with van der Waals surface area (Å²) in [6.45, 7) is 2.02. The molecule has 0 bridgehead atoms. The SMILES string of the molecule is COC(=O)C1=C(C(=O)OC)N(c2ccc3c(c2)ncn3-c2cccc(C)c2)C(N)=C(C#N)C1c1ccccc1. The third-order valence-corrected chi connectivity index (χ3v) is 6.68. The van der Waals surface area contributed by atoms with E-state index >= 15 is 0 Å². The second kappa shape index (κ2) is 10.2. The first kappa shape index (κ1) is 25.3. The van der Waals surface area contributed by atoms with Crippen molar-refractivity contribution in [3.63, 3.8) is 0 Å². The lowest BCUT2D eigenvalue weighted by atomic mass is 9.81. The van der Waals surface area contributed by atoms with Crippen LogP contribution in [-0.4, -0.2) is 35.7 Å². The molecule has 194 valence electrons. The van der Waals surface area contributed by atoms with Crippen LogP contribution in [0.5, 0.6) is 0 Å². The molecule has 2 N–H and O–H groups in total. The van der Waals surface area contributed by atoms with Gasteiger partial charge in [-0.3, -0.25) is 9.47 Å². The van der Waals surface area contributed by atoms with Crippen LogP contribution >= 0.6 is 0 Å². The molecule has 1 aliphatic heterocycles. The van der Waals surface area contributed by atoms with Crippen LogP contribution in [0.15, 0.2) is 102 Å². The second-order valence-corrected chi connectivity index (χ2v) is 8.96. The van der Waals surface area contributed by atoms with Gasteiger partial charge in [-0.05, 0) is 48.4 Å². The molecule has 0 aliphatic carbocycles. The van der Waals surface area contributed by atoms with Crippen LogP contribution in [-0.2, 0) is 19.1 Å². The molecule has 0 fully saturated rings. The van der Waals surface area contributed by atoms with Crippen molar-refractivity contribution < 1.29 is 19.1 Å². The summed E-state index contributed by atoms with van der Waals surface area (Å²) in [6.07, 6.45) is 1.71. The Balaban J connectivity index is 1.74. The molecule has 39 heavy (non-hydrogen) atoms. The quantitative estimate of drug-likeness (QED) is 0.389. The number of carbonyl (C=O) groups excluding carboxylic acids is 2. The Morgan fingerprint density at radius 2 is 1.69 bits per heavy atom. The monoisotopic (exact) mass is 519 g/mol. The van der Waals surface area contributed by atoms with E-state index in [9.17, 15) is 14.9 Å². The third kappa shape index (κ3) is 4.28. The summed E-state index contributed by atoms with van der Waals surface area (Å²) in [5.41, 5.74) is 11.0. The number of carbonyl (C=O) groups is 2. The standard InChI is InChI=1S/C30H25N5O4/c1-18-8-7-11-20(14-18)34-17-33-23-15-21(12-13-24(23)34)35-27(30(37)39-3)26(29(36)38-2)25(22(16-31)28(35)32)19-9-5-4-6-10-19/h4-15,17,25H,32H2,1-3H3. The van der Waals surface area contributed by atoms with Crippen molar-refractivity contribution in [3.8, 4) is 11.8 Å². The zero-order valence-electron chi connectivity index (χ0n) is 21.6. The molecule has 9 nitrogen and oxygen atoms in total. The molecule has 2 heterocycles. The highest BCUT2D eigenvalue weighted by atomic mass is 16.5. The number of esters is 2. The van der Waals surface area contributed by atoms with Gasteiger partial charge in [-0.15, -0.1) is 0 Å². The average Bonchev–Trinajstić information content (AvgIpc) is 3.39. The van der Waals surface area contributed by atoms with Crippen LogP contribution in [0.25, 0.3) is 16.7 Å². The van der Waals surface area contributed by atoms with Gasteiger partial charge in [0.25, 0.3) is 0 Å². The Kier molecular flexibility index (Phi) is 6.61. The van der Waals surface area contributed by atoms with E-state index in [1.807, 2.05) is 47.9 Å². The number of anilines is 1.